The number of rotatable bonds is 5. The van der Waals surface area contributed by atoms with E-state index < -0.39 is 0 Å². The van der Waals surface area contributed by atoms with Gasteiger partial charge in [-0.3, -0.25) is 4.79 Å². The minimum Gasteiger partial charge on any atom is -0.348 e. The smallest absolute Gasteiger partial charge is 0.232 e. The summed E-state index contributed by atoms with van der Waals surface area (Å²) in [5, 5.41) is 11.5. The van der Waals surface area contributed by atoms with Crippen LogP contribution >= 0.6 is 38.6 Å². The van der Waals surface area contributed by atoms with Crippen molar-refractivity contribution in [3.63, 3.8) is 0 Å². The highest BCUT2D eigenvalue weighted by atomic mass is 79.9. The zero-order chi connectivity index (χ0) is 18.0. The highest BCUT2D eigenvalue weighted by Gasteiger charge is 2.21. The quantitative estimate of drug-likeness (QED) is 0.643. The van der Waals surface area contributed by atoms with Gasteiger partial charge in [-0.2, -0.15) is 4.98 Å². The summed E-state index contributed by atoms with van der Waals surface area (Å²) in [7, 11) is 0. The normalized spacial score (nSPS) is 11.7. The minimum atomic E-state index is -0.205. The maximum absolute atomic E-state index is 12.1. The molecule has 132 valence electrons. The van der Waals surface area contributed by atoms with E-state index in [-0.39, 0.29) is 24.3 Å². The molecule has 25 heavy (non-hydrogen) atoms. The molecule has 1 amide bonds. The Balaban J connectivity index is 1.54. The Labute approximate surface area is 161 Å². The van der Waals surface area contributed by atoms with Gasteiger partial charge in [0.1, 0.15) is 5.01 Å². The number of nitrogens with one attached hydrogen (secondary N) is 1. The van der Waals surface area contributed by atoms with Gasteiger partial charge < -0.3 is 9.84 Å². The first-order valence-electron chi connectivity index (χ1n) is 7.60. The molecular weight excluding hydrogens is 424 g/mol. The van der Waals surface area contributed by atoms with Crippen LogP contribution in [0.3, 0.4) is 0 Å². The fourth-order valence-corrected chi connectivity index (χ4v) is 4.29. The average molecular weight is 441 g/mol. The number of carbonyl (C=O) groups is 1. The van der Waals surface area contributed by atoms with Crippen LogP contribution in [0.15, 0.2) is 25.8 Å². The lowest BCUT2D eigenvalue weighted by Crippen LogP contribution is -2.25. The fraction of sp³-hybridized carbons (Fsp3) is 0.375. The molecule has 0 bridgehead atoms. The van der Waals surface area contributed by atoms with E-state index in [0.29, 0.717) is 11.7 Å². The number of aromatic nitrogens is 3. The Bertz CT molecular complexity index is 879. The first kappa shape index (κ1) is 18.2. The number of hydrogen-bond donors (Lipinski definition) is 1. The molecule has 0 radical (unpaired) electrons. The van der Waals surface area contributed by atoms with Crippen molar-refractivity contribution in [1.29, 1.82) is 0 Å². The van der Waals surface area contributed by atoms with E-state index in [4.69, 9.17) is 4.52 Å². The van der Waals surface area contributed by atoms with Gasteiger partial charge >= 0.3 is 0 Å². The van der Waals surface area contributed by atoms with Crippen molar-refractivity contribution in [2.24, 2.45) is 0 Å². The zero-order valence-corrected chi connectivity index (χ0v) is 17.2. The zero-order valence-electron chi connectivity index (χ0n) is 14.0. The average Bonchev–Trinajstić information content (AvgIpc) is 3.24. The summed E-state index contributed by atoms with van der Waals surface area (Å²) in [5.74, 6) is 0.912. The summed E-state index contributed by atoms with van der Waals surface area (Å²) in [6.07, 6.45) is 0.229. The third kappa shape index (κ3) is 4.74. The van der Waals surface area contributed by atoms with Gasteiger partial charge in [-0.05, 0) is 22.0 Å². The molecule has 6 nitrogen and oxygen atoms in total. The third-order valence-electron chi connectivity index (χ3n) is 3.23. The lowest BCUT2D eigenvalue weighted by atomic mass is 9.97. The number of amides is 1. The van der Waals surface area contributed by atoms with E-state index in [1.54, 1.807) is 11.3 Å². The van der Waals surface area contributed by atoms with E-state index in [0.717, 1.165) is 20.1 Å². The molecule has 0 saturated carbocycles. The molecule has 3 heterocycles. The monoisotopic (exact) mass is 440 g/mol. The molecule has 0 aliphatic heterocycles. The van der Waals surface area contributed by atoms with E-state index in [1.165, 1.54) is 11.3 Å². The largest absolute Gasteiger partial charge is 0.348 e. The van der Waals surface area contributed by atoms with Gasteiger partial charge in [-0.25, -0.2) is 4.98 Å². The van der Waals surface area contributed by atoms with E-state index in [1.807, 2.05) is 37.6 Å². The summed E-state index contributed by atoms with van der Waals surface area (Å²) in [6.45, 7) is 6.23. The number of thiazole rings is 1. The van der Waals surface area contributed by atoms with Gasteiger partial charge in [0.2, 0.25) is 11.8 Å². The maximum Gasteiger partial charge on any atom is 0.232 e. The van der Waals surface area contributed by atoms with Gasteiger partial charge in [-0.15, -0.1) is 22.7 Å². The summed E-state index contributed by atoms with van der Waals surface area (Å²) in [4.78, 5) is 22.0. The maximum atomic E-state index is 12.1. The standard InChI is InChI=1S/C16H17BrN4O2S2/c1-16(2,3)15-20-12(21-23-15)6-18-13(22)5-10-8-25-14(19-10)11-4-9(17)7-24-11/h4,7-8H,5-6H2,1-3H3,(H,18,22). The minimum absolute atomic E-state index is 0.119. The molecule has 0 spiro atoms. The van der Waals surface area contributed by atoms with Crippen molar-refractivity contribution < 1.29 is 9.32 Å². The molecule has 0 saturated heterocycles. The Morgan fingerprint density at radius 3 is 2.72 bits per heavy atom. The molecule has 0 atom stereocenters. The Morgan fingerprint density at radius 1 is 1.28 bits per heavy atom. The molecule has 0 aliphatic carbocycles. The van der Waals surface area contributed by atoms with Crippen molar-refractivity contribution in [2.75, 3.05) is 0 Å². The summed E-state index contributed by atoms with van der Waals surface area (Å²) >= 11 is 6.59. The number of halogens is 1. The Kier molecular flexibility index (Phi) is 5.35. The third-order valence-corrected chi connectivity index (χ3v) is 5.98. The predicted molar refractivity (Wildman–Crippen MR) is 102 cm³/mol. The molecule has 3 aromatic heterocycles. The SMILES string of the molecule is CC(C)(C)c1nc(CNC(=O)Cc2csc(-c3cc(Br)cs3)n2)no1. The molecule has 9 heteroatoms. The number of thiophene rings is 1. The van der Waals surface area contributed by atoms with Gasteiger partial charge in [0.25, 0.3) is 0 Å². The second-order valence-corrected chi connectivity index (χ2v) is 9.18. The van der Waals surface area contributed by atoms with Crippen LogP contribution in [-0.4, -0.2) is 21.0 Å². The lowest BCUT2D eigenvalue weighted by molar-refractivity contribution is -0.120. The van der Waals surface area contributed by atoms with Crippen LogP contribution in [0.1, 0.15) is 38.2 Å². The van der Waals surface area contributed by atoms with Crippen LogP contribution < -0.4 is 5.32 Å². The summed E-state index contributed by atoms with van der Waals surface area (Å²) < 4.78 is 6.25. The molecule has 1 N–H and O–H groups in total. The van der Waals surface area contributed by atoms with Crippen molar-refractivity contribution in [3.05, 3.63) is 38.7 Å². The number of nitrogens with zero attached hydrogens (tertiary/aromatic N) is 3. The van der Waals surface area contributed by atoms with Crippen LogP contribution in [-0.2, 0) is 23.2 Å². The van der Waals surface area contributed by atoms with Crippen LogP contribution in [0, 0.1) is 0 Å². The molecule has 0 aliphatic rings. The fourth-order valence-electron chi connectivity index (χ4n) is 1.96. The van der Waals surface area contributed by atoms with Crippen LogP contribution in [0.25, 0.3) is 9.88 Å². The molecule has 3 aromatic rings. The van der Waals surface area contributed by atoms with Gasteiger partial charge in [0.05, 0.1) is 23.5 Å². The summed E-state index contributed by atoms with van der Waals surface area (Å²) in [6, 6.07) is 2.02. The molecule has 0 aromatic carbocycles. The topological polar surface area (TPSA) is 80.9 Å². The van der Waals surface area contributed by atoms with Crippen LogP contribution in [0.4, 0.5) is 0 Å². The van der Waals surface area contributed by atoms with E-state index in [2.05, 4.69) is 36.4 Å². The second-order valence-electron chi connectivity index (χ2n) is 6.49. The summed E-state index contributed by atoms with van der Waals surface area (Å²) in [5.41, 5.74) is 0.550. The first-order valence-corrected chi connectivity index (χ1v) is 10.1. The lowest BCUT2D eigenvalue weighted by Gasteiger charge is -2.10. The molecule has 0 unspecified atom stereocenters. The van der Waals surface area contributed by atoms with Crippen molar-refractivity contribution in [1.82, 2.24) is 20.4 Å². The van der Waals surface area contributed by atoms with Gasteiger partial charge in [0.15, 0.2) is 5.82 Å². The Hall–Kier alpha value is -1.58. The van der Waals surface area contributed by atoms with Crippen molar-refractivity contribution in [2.45, 2.75) is 39.2 Å². The highest BCUT2D eigenvalue weighted by Crippen LogP contribution is 2.32. The van der Waals surface area contributed by atoms with Gasteiger partial charge in [0, 0.05) is 20.6 Å². The second kappa shape index (κ2) is 7.35. The number of hydrogen-bond acceptors (Lipinski definition) is 7. The molecular formula is C16H17BrN4O2S2. The van der Waals surface area contributed by atoms with Gasteiger partial charge in [-0.1, -0.05) is 25.9 Å². The van der Waals surface area contributed by atoms with Crippen LogP contribution in [0.5, 0.6) is 0 Å². The molecule has 0 fully saturated rings. The molecule has 3 rings (SSSR count). The van der Waals surface area contributed by atoms with Crippen LogP contribution in [0.2, 0.25) is 0 Å². The van der Waals surface area contributed by atoms with E-state index in [9.17, 15) is 4.79 Å². The van der Waals surface area contributed by atoms with Crippen molar-refractivity contribution in [3.8, 4) is 9.88 Å². The number of carbonyl (C=O) groups excluding carboxylic acids is 1. The Morgan fingerprint density at radius 2 is 2.08 bits per heavy atom. The highest BCUT2D eigenvalue weighted by molar-refractivity contribution is 9.10. The van der Waals surface area contributed by atoms with E-state index >= 15 is 0 Å². The first-order chi connectivity index (χ1) is 11.8. The predicted octanol–water partition coefficient (Wildman–Crippen LogP) is 4.17. The van der Waals surface area contributed by atoms with Crippen molar-refractivity contribution >= 4 is 44.5 Å².